The van der Waals surface area contributed by atoms with Crippen LogP contribution in [0.3, 0.4) is 0 Å². The average molecular weight is 235 g/mol. The zero-order chi connectivity index (χ0) is 12.1. The molecule has 1 N–H and O–H groups in total. The maximum Gasteiger partial charge on any atom is 0.137 e. The van der Waals surface area contributed by atoms with Gasteiger partial charge in [-0.1, -0.05) is 26.2 Å². The van der Waals surface area contributed by atoms with Crippen LogP contribution in [0.4, 0.5) is 0 Å². The number of aromatic nitrogens is 1. The van der Waals surface area contributed by atoms with Crippen LogP contribution in [-0.2, 0) is 0 Å². The molecule has 1 saturated carbocycles. The van der Waals surface area contributed by atoms with Gasteiger partial charge in [0.15, 0.2) is 0 Å². The monoisotopic (exact) mass is 235 g/mol. The van der Waals surface area contributed by atoms with Crippen LogP contribution in [0, 0.1) is 5.92 Å². The lowest BCUT2D eigenvalue weighted by Gasteiger charge is -2.27. The Morgan fingerprint density at radius 1 is 1.47 bits per heavy atom. The van der Waals surface area contributed by atoms with Crippen molar-refractivity contribution >= 4 is 0 Å². The minimum Gasteiger partial charge on any atom is -0.492 e. The molecule has 94 valence electrons. The third kappa shape index (κ3) is 3.43. The normalized spacial score (nSPS) is 17.5. The molecule has 1 aliphatic rings. The van der Waals surface area contributed by atoms with Gasteiger partial charge in [0.1, 0.15) is 5.75 Å². The molecule has 0 amide bonds. The molecular weight excluding hydrogens is 214 g/mol. The Labute approximate surface area is 103 Å². The predicted octanol–water partition coefficient (Wildman–Crippen LogP) is 3.09. The molecule has 1 fully saturated rings. The summed E-state index contributed by atoms with van der Waals surface area (Å²) >= 11 is 0. The van der Waals surface area contributed by atoms with Crippen LogP contribution < -0.4 is 4.74 Å². The van der Waals surface area contributed by atoms with Crippen LogP contribution in [0.25, 0.3) is 0 Å². The largest absolute Gasteiger partial charge is 0.492 e. The van der Waals surface area contributed by atoms with Crippen molar-refractivity contribution in [3.05, 3.63) is 24.0 Å². The van der Waals surface area contributed by atoms with Gasteiger partial charge < -0.3 is 9.84 Å². The van der Waals surface area contributed by atoms with E-state index in [2.05, 4.69) is 11.9 Å². The summed E-state index contributed by atoms with van der Waals surface area (Å²) in [5.41, 5.74) is 0.880. The summed E-state index contributed by atoms with van der Waals surface area (Å²) in [6.45, 7) is 2.77. The number of pyridine rings is 1. The first kappa shape index (κ1) is 12.4. The van der Waals surface area contributed by atoms with Crippen LogP contribution >= 0.6 is 0 Å². The van der Waals surface area contributed by atoms with E-state index in [1.54, 1.807) is 12.4 Å². The molecule has 0 spiro atoms. The summed E-state index contributed by atoms with van der Waals surface area (Å²) in [5, 5.41) is 10.1. The Balaban J connectivity index is 1.93. The van der Waals surface area contributed by atoms with E-state index in [1.165, 1.54) is 19.3 Å². The van der Waals surface area contributed by atoms with Crippen molar-refractivity contribution < 1.29 is 9.84 Å². The fourth-order valence-electron chi connectivity index (χ4n) is 2.10. The number of ether oxygens (including phenoxy) is 1. The quantitative estimate of drug-likeness (QED) is 0.823. The second-order valence-corrected chi connectivity index (χ2v) is 4.85. The lowest BCUT2D eigenvalue weighted by molar-refractivity contribution is 0.118. The second kappa shape index (κ2) is 6.01. The molecule has 2 rings (SSSR count). The van der Waals surface area contributed by atoms with Gasteiger partial charge in [-0.3, -0.25) is 4.98 Å². The minimum absolute atomic E-state index is 0.391. The van der Waals surface area contributed by atoms with Crippen LogP contribution in [0.1, 0.15) is 50.7 Å². The molecular formula is C14H21NO2. The first-order valence-electron chi connectivity index (χ1n) is 6.55. The van der Waals surface area contributed by atoms with Crippen molar-refractivity contribution in [1.82, 2.24) is 4.98 Å². The zero-order valence-corrected chi connectivity index (χ0v) is 10.4. The van der Waals surface area contributed by atoms with Gasteiger partial charge in [-0.05, 0) is 24.8 Å². The Bertz CT molecular complexity index is 350. The lowest BCUT2D eigenvalue weighted by atomic mass is 9.80. The van der Waals surface area contributed by atoms with Gasteiger partial charge in [0.25, 0.3) is 0 Å². The first-order chi connectivity index (χ1) is 8.29. The number of nitrogens with zero attached hydrogens (tertiary/aromatic N) is 1. The van der Waals surface area contributed by atoms with E-state index < -0.39 is 6.10 Å². The SMILES string of the molecule is CCCOc1cncc(C(O)CC2CCC2)c1. The summed E-state index contributed by atoms with van der Waals surface area (Å²) in [6.07, 6.45) is 8.73. The fraction of sp³-hybridized carbons (Fsp3) is 0.643. The number of aliphatic hydroxyl groups is 1. The van der Waals surface area contributed by atoms with Crippen molar-refractivity contribution in [1.29, 1.82) is 0 Å². The standard InChI is InChI=1S/C14H21NO2/c1-2-6-17-13-8-12(9-15-10-13)14(16)7-11-4-3-5-11/h8-11,14,16H,2-7H2,1H3. The van der Waals surface area contributed by atoms with Gasteiger partial charge in [0, 0.05) is 11.8 Å². The van der Waals surface area contributed by atoms with Crippen molar-refractivity contribution in [2.45, 2.75) is 45.1 Å². The summed E-state index contributed by atoms with van der Waals surface area (Å²) in [6, 6.07) is 1.91. The van der Waals surface area contributed by atoms with E-state index in [1.807, 2.05) is 6.07 Å². The molecule has 3 nitrogen and oxygen atoms in total. The molecule has 0 radical (unpaired) electrons. The molecule has 0 saturated heterocycles. The molecule has 1 aliphatic carbocycles. The van der Waals surface area contributed by atoms with Crippen LogP contribution in [0.2, 0.25) is 0 Å². The molecule has 1 aromatic heterocycles. The molecule has 0 aromatic carbocycles. The van der Waals surface area contributed by atoms with E-state index in [0.29, 0.717) is 12.5 Å². The second-order valence-electron chi connectivity index (χ2n) is 4.85. The summed E-state index contributed by atoms with van der Waals surface area (Å²) < 4.78 is 5.52. The highest BCUT2D eigenvalue weighted by Crippen LogP contribution is 2.34. The molecule has 0 aliphatic heterocycles. The maximum atomic E-state index is 10.1. The average Bonchev–Trinajstić information content (AvgIpc) is 2.31. The number of hydrogen-bond donors (Lipinski definition) is 1. The fourth-order valence-corrected chi connectivity index (χ4v) is 2.10. The van der Waals surface area contributed by atoms with E-state index >= 15 is 0 Å². The predicted molar refractivity (Wildman–Crippen MR) is 66.9 cm³/mol. The maximum absolute atomic E-state index is 10.1. The Morgan fingerprint density at radius 2 is 2.29 bits per heavy atom. The molecule has 17 heavy (non-hydrogen) atoms. The first-order valence-corrected chi connectivity index (χ1v) is 6.55. The molecule has 0 bridgehead atoms. The molecule has 1 aromatic rings. The number of rotatable bonds is 6. The van der Waals surface area contributed by atoms with E-state index in [4.69, 9.17) is 4.74 Å². The molecule has 1 heterocycles. The van der Waals surface area contributed by atoms with Gasteiger partial charge in [0.05, 0.1) is 18.9 Å². The van der Waals surface area contributed by atoms with E-state index in [9.17, 15) is 5.11 Å². The van der Waals surface area contributed by atoms with Gasteiger partial charge in [0.2, 0.25) is 0 Å². The highest BCUT2D eigenvalue weighted by molar-refractivity contribution is 5.25. The van der Waals surface area contributed by atoms with Gasteiger partial charge in [-0.15, -0.1) is 0 Å². The van der Waals surface area contributed by atoms with Crippen molar-refractivity contribution in [2.75, 3.05) is 6.61 Å². The topological polar surface area (TPSA) is 42.4 Å². The molecule has 3 heteroatoms. The Morgan fingerprint density at radius 3 is 2.94 bits per heavy atom. The highest BCUT2D eigenvalue weighted by atomic mass is 16.5. The summed E-state index contributed by atoms with van der Waals surface area (Å²) in [5.74, 6) is 1.46. The number of aliphatic hydroxyl groups excluding tert-OH is 1. The van der Waals surface area contributed by atoms with E-state index in [-0.39, 0.29) is 0 Å². The van der Waals surface area contributed by atoms with Crippen molar-refractivity contribution in [3.8, 4) is 5.75 Å². The van der Waals surface area contributed by atoms with Crippen LogP contribution in [0.15, 0.2) is 18.5 Å². The highest BCUT2D eigenvalue weighted by Gasteiger charge is 2.22. The van der Waals surface area contributed by atoms with Crippen LogP contribution in [-0.4, -0.2) is 16.7 Å². The summed E-state index contributed by atoms with van der Waals surface area (Å²) in [7, 11) is 0. The van der Waals surface area contributed by atoms with Gasteiger partial charge in [-0.2, -0.15) is 0 Å². The molecule has 1 atom stereocenters. The Kier molecular flexibility index (Phi) is 4.37. The lowest BCUT2D eigenvalue weighted by Crippen LogP contribution is -2.15. The number of hydrogen-bond acceptors (Lipinski definition) is 3. The van der Waals surface area contributed by atoms with Crippen molar-refractivity contribution in [3.63, 3.8) is 0 Å². The Hall–Kier alpha value is -1.09. The molecule has 1 unspecified atom stereocenters. The van der Waals surface area contributed by atoms with E-state index in [0.717, 1.165) is 24.2 Å². The third-order valence-corrected chi connectivity index (χ3v) is 3.37. The van der Waals surface area contributed by atoms with Crippen LogP contribution in [0.5, 0.6) is 5.75 Å². The summed E-state index contributed by atoms with van der Waals surface area (Å²) in [4.78, 5) is 4.12. The minimum atomic E-state index is -0.391. The smallest absolute Gasteiger partial charge is 0.137 e. The zero-order valence-electron chi connectivity index (χ0n) is 10.4. The van der Waals surface area contributed by atoms with Gasteiger partial charge in [-0.25, -0.2) is 0 Å². The van der Waals surface area contributed by atoms with Crippen molar-refractivity contribution in [2.24, 2.45) is 5.92 Å². The third-order valence-electron chi connectivity index (χ3n) is 3.37. The van der Waals surface area contributed by atoms with Gasteiger partial charge >= 0.3 is 0 Å².